The zero-order valence-electron chi connectivity index (χ0n) is 13.7. The summed E-state index contributed by atoms with van der Waals surface area (Å²) in [6.07, 6.45) is 0. The first-order chi connectivity index (χ1) is 11.6. The molecule has 2 aromatic rings. The molecule has 0 bridgehead atoms. The molecule has 0 aliphatic carbocycles. The van der Waals surface area contributed by atoms with Gasteiger partial charge in [-0.3, -0.25) is 4.79 Å². The summed E-state index contributed by atoms with van der Waals surface area (Å²) in [5.74, 6) is -0.174. The number of carbonyl (C=O) groups is 1. The molecule has 1 aromatic carbocycles. The fourth-order valence-electron chi connectivity index (χ4n) is 2.77. The van der Waals surface area contributed by atoms with Crippen molar-refractivity contribution in [2.75, 3.05) is 37.7 Å². The van der Waals surface area contributed by atoms with Crippen LogP contribution < -0.4 is 10.2 Å². The normalized spacial score (nSPS) is 17.3. The van der Waals surface area contributed by atoms with Crippen LogP contribution >= 0.6 is 11.3 Å². The Labute approximate surface area is 145 Å². The van der Waals surface area contributed by atoms with Gasteiger partial charge in [0.2, 0.25) is 0 Å². The van der Waals surface area contributed by atoms with Crippen LogP contribution in [0, 0.1) is 0 Å². The molecule has 5 nitrogen and oxygen atoms in total. The van der Waals surface area contributed by atoms with E-state index < -0.39 is 5.60 Å². The Balaban J connectivity index is 1.71. The van der Waals surface area contributed by atoms with Crippen LogP contribution in [0.25, 0.3) is 0 Å². The minimum atomic E-state index is -1.08. The summed E-state index contributed by atoms with van der Waals surface area (Å²) in [6, 6.07) is 9.44. The summed E-state index contributed by atoms with van der Waals surface area (Å²) < 4.78 is 5.38. The first-order valence-electron chi connectivity index (χ1n) is 8.03. The van der Waals surface area contributed by atoms with Gasteiger partial charge in [0.1, 0.15) is 5.60 Å². The SMILES string of the molecule is C[C@@](O)(CNC(=O)c1ccccc1N1CCOCC1)c1ccsc1. The van der Waals surface area contributed by atoms with Crippen molar-refractivity contribution in [2.45, 2.75) is 12.5 Å². The van der Waals surface area contributed by atoms with E-state index in [4.69, 9.17) is 4.74 Å². The van der Waals surface area contributed by atoms with Crippen molar-refractivity contribution in [1.82, 2.24) is 5.32 Å². The van der Waals surface area contributed by atoms with Gasteiger partial charge in [0.25, 0.3) is 5.91 Å². The fourth-order valence-corrected chi connectivity index (χ4v) is 3.55. The Hall–Kier alpha value is -1.89. The molecule has 3 rings (SSSR count). The topological polar surface area (TPSA) is 61.8 Å². The number of ether oxygens (including phenoxy) is 1. The van der Waals surface area contributed by atoms with Crippen LogP contribution in [0.15, 0.2) is 41.1 Å². The average molecular weight is 346 g/mol. The molecule has 1 fully saturated rings. The van der Waals surface area contributed by atoms with Gasteiger partial charge in [0.05, 0.1) is 25.3 Å². The summed E-state index contributed by atoms with van der Waals surface area (Å²) >= 11 is 1.53. The molecule has 0 saturated carbocycles. The monoisotopic (exact) mass is 346 g/mol. The van der Waals surface area contributed by atoms with Crippen LogP contribution in [0.4, 0.5) is 5.69 Å². The average Bonchev–Trinajstić information content (AvgIpc) is 3.16. The van der Waals surface area contributed by atoms with E-state index in [1.807, 2.05) is 41.1 Å². The zero-order valence-corrected chi connectivity index (χ0v) is 14.5. The molecule has 0 radical (unpaired) electrons. The lowest BCUT2D eigenvalue weighted by Gasteiger charge is -2.30. The van der Waals surface area contributed by atoms with Gasteiger partial charge in [-0.1, -0.05) is 12.1 Å². The van der Waals surface area contributed by atoms with Crippen molar-refractivity contribution < 1.29 is 14.6 Å². The lowest BCUT2D eigenvalue weighted by molar-refractivity contribution is 0.0530. The zero-order chi connectivity index (χ0) is 17.0. The van der Waals surface area contributed by atoms with Crippen LogP contribution in [0.1, 0.15) is 22.8 Å². The summed E-state index contributed by atoms with van der Waals surface area (Å²) in [5, 5.41) is 17.2. The van der Waals surface area contributed by atoms with Crippen molar-refractivity contribution in [3.63, 3.8) is 0 Å². The number of hydrogen-bond acceptors (Lipinski definition) is 5. The van der Waals surface area contributed by atoms with Crippen LogP contribution in [0.3, 0.4) is 0 Å². The van der Waals surface area contributed by atoms with Crippen LogP contribution in [0.5, 0.6) is 0 Å². The first kappa shape index (κ1) is 17.0. The van der Waals surface area contributed by atoms with Crippen molar-refractivity contribution in [3.8, 4) is 0 Å². The van der Waals surface area contributed by atoms with E-state index in [2.05, 4.69) is 10.2 Å². The Morgan fingerprint density at radius 1 is 1.33 bits per heavy atom. The van der Waals surface area contributed by atoms with E-state index >= 15 is 0 Å². The highest BCUT2D eigenvalue weighted by molar-refractivity contribution is 7.08. The number of aliphatic hydroxyl groups is 1. The van der Waals surface area contributed by atoms with Gasteiger partial charge < -0.3 is 20.1 Å². The van der Waals surface area contributed by atoms with Gasteiger partial charge in [-0.05, 0) is 41.4 Å². The van der Waals surface area contributed by atoms with Gasteiger partial charge >= 0.3 is 0 Å². The smallest absolute Gasteiger partial charge is 0.253 e. The van der Waals surface area contributed by atoms with Crippen molar-refractivity contribution in [1.29, 1.82) is 0 Å². The number of benzene rings is 1. The number of nitrogens with zero attached hydrogens (tertiary/aromatic N) is 1. The largest absolute Gasteiger partial charge is 0.384 e. The van der Waals surface area contributed by atoms with Gasteiger partial charge in [0, 0.05) is 18.8 Å². The quantitative estimate of drug-likeness (QED) is 0.871. The van der Waals surface area contributed by atoms with E-state index in [0.29, 0.717) is 18.8 Å². The molecule has 0 spiro atoms. The maximum atomic E-state index is 12.6. The number of anilines is 1. The number of para-hydroxylation sites is 1. The van der Waals surface area contributed by atoms with Crippen molar-refractivity contribution in [2.24, 2.45) is 0 Å². The fraction of sp³-hybridized carbons (Fsp3) is 0.389. The van der Waals surface area contributed by atoms with E-state index in [1.54, 1.807) is 6.92 Å². The predicted octanol–water partition coefficient (Wildman–Crippen LogP) is 2.22. The third kappa shape index (κ3) is 3.77. The highest BCUT2D eigenvalue weighted by Crippen LogP contribution is 2.24. The second-order valence-electron chi connectivity index (χ2n) is 6.09. The summed E-state index contributed by atoms with van der Waals surface area (Å²) in [5.41, 5.74) is 1.27. The number of rotatable bonds is 5. The molecule has 1 atom stereocenters. The van der Waals surface area contributed by atoms with Gasteiger partial charge in [-0.15, -0.1) is 0 Å². The number of thiophene rings is 1. The molecule has 0 unspecified atom stereocenters. The third-order valence-electron chi connectivity index (χ3n) is 4.24. The standard InChI is InChI=1S/C18H22N2O3S/c1-18(22,14-6-11-24-12-14)13-19-17(21)15-4-2-3-5-16(15)20-7-9-23-10-8-20/h2-6,11-12,22H,7-10,13H2,1H3,(H,19,21)/t18-/m1/s1. The van der Waals surface area contributed by atoms with Gasteiger partial charge in [-0.25, -0.2) is 0 Å². The van der Waals surface area contributed by atoms with E-state index in [1.165, 1.54) is 11.3 Å². The Morgan fingerprint density at radius 2 is 2.08 bits per heavy atom. The van der Waals surface area contributed by atoms with Crippen LogP contribution in [-0.4, -0.2) is 43.9 Å². The highest BCUT2D eigenvalue weighted by Gasteiger charge is 2.25. The molecule has 1 saturated heterocycles. The molecule has 6 heteroatoms. The van der Waals surface area contributed by atoms with Gasteiger partial charge in [0.15, 0.2) is 0 Å². The summed E-state index contributed by atoms with van der Waals surface area (Å²) in [4.78, 5) is 14.8. The second kappa shape index (κ2) is 7.34. The molecule has 1 aliphatic heterocycles. The maximum Gasteiger partial charge on any atom is 0.253 e. The lowest BCUT2D eigenvalue weighted by Crippen LogP contribution is -2.40. The minimum Gasteiger partial charge on any atom is -0.384 e. The van der Waals surface area contributed by atoms with E-state index in [-0.39, 0.29) is 12.5 Å². The number of morpholine rings is 1. The number of hydrogen-bond donors (Lipinski definition) is 2. The number of carbonyl (C=O) groups excluding carboxylic acids is 1. The maximum absolute atomic E-state index is 12.6. The van der Waals surface area contributed by atoms with E-state index in [0.717, 1.165) is 24.3 Å². The van der Waals surface area contributed by atoms with E-state index in [9.17, 15) is 9.90 Å². The second-order valence-corrected chi connectivity index (χ2v) is 6.87. The highest BCUT2D eigenvalue weighted by atomic mass is 32.1. The molecular weight excluding hydrogens is 324 g/mol. The van der Waals surface area contributed by atoms with Crippen LogP contribution in [0.2, 0.25) is 0 Å². The third-order valence-corrected chi connectivity index (χ3v) is 4.92. The predicted molar refractivity (Wildman–Crippen MR) is 95.7 cm³/mol. The van der Waals surface area contributed by atoms with Gasteiger partial charge in [-0.2, -0.15) is 11.3 Å². The molecule has 1 aromatic heterocycles. The number of nitrogens with one attached hydrogen (secondary N) is 1. The molecule has 24 heavy (non-hydrogen) atoms. The number of amides is 1. The Kier molecular flexibility index (Phi) is 5.18. The molecule has 2 heterocycles. The summed E-state index contributed by atoms with van der Waals surface area (Å²) in [6.45, 7) is 4.77. The molecular formula is C18H22N2O3S. The Bertz CT molecular complexity index is 679. The molecule has 128 valence electrons. The van der Waals surface area contributed by atoms with Crippen molar-refractivity contribution in [3.05, 3.63) is 52.2 Å². The van der Waals surface area contributed by atoms with Crippen LogP contribution in [-0.2, 0) is 10.3 Å². The molecule has 1 amide bonds. The summed E-state index contributed by atoms with van der Waals surface area (Å²) in [7, 11) is 0. The molecule has 1 aliphatic rings. The lowest BCUT2D eigenvalue weighted by atomic mass is 9.99. The molecule has 2 N–H and O–H groups in total. The Morgan fingerprint density at radius 3 is 2.79 bits per heavy atom. The van der Waals surface area contributed by atoms with Crippen molar-refractivity contribution >= 4 is 22.9 Å². The first-order valence-corrected chi connectivity index (χ1v) is 8.97. The minimum absolute atomic E-state index is 0.167.